The molecule has 2 rings (SSSR count). The van der Waals surface area contributed by atoms with Crippen molar-refractivity contribution in [3.05, 3.63) is 45.9 Å². The van der Waals surface area contributed by atoms with E-state index in [4.69, 9.17) is 32.7 Å². The molecule has 0 amide bonds. The molecule has 0 fully saturated rings. The van der Waals surface area contributed by atoms with Gasteiger partial charge in [-0.05, 0) is 36.8 Å². The molecule has 1 N–H and O–H groups in total. The molecule has 116 valence electrons. The van der Waals surface area contributed by atoms with Crippen molar-refractivity contribution >= 4 is 29.2 Å². The maximum atomic E-state index is 11.3. The summed E-state index contributed by atoms with van der Waals surface area (Å²) in [5.74, 6) is -0.235. The van der Waals surface area contributed by atoms with Crippen molar-refractivity contribution in [2.24, 2.45) is 0 Å². The highest BCUT2D eigenvalue weighted by molar-refractivity contribution is 6.42. The zero-order valence-corrected chi connectivity index (χ0v) is 13.5. The molecule has 0 radical (unpaired) electrons. The first kappa shape index (κ1) is 16.5. The highest BCUT2D eigenvalue weighted by Gasteiger charge is 2.18. The number of hydrogen-bond donors (Lipinski definition) is 1. The molecule has 0 aliphatic carbocycles. The normalized spacial score (nSPS) is 10.4. The van der Waals surface area contributed by atoms with E-state index in [1.165, 1.54) is 19.2 Å². The number of methoxy groups -OCH3 is 1. The molecular formula is C16H14Cl2O4. The van der Waals surface area contributed by atoms with Crippen LogP contribution >= 0.6 is 23.2 Å². The smallest absolute Gasteiger partial charge is 0.335 e. The summed E-state index contributed by atoms with van der Waals surface area (Å²) in [6.07, 6.45) is 0. The topological polar surface area (TPSA) is 55.8 Å². The standard InChI is InChI=1S/C16H14Cl2O4/c1-3-22-14-8-10(16(19)20)6-11(15(14)21-2)9-4-5-12(17)13(18)7-9/h4-8H,3H2,1-2H3,(H,19,20). The third-order valence-electron chi connectivity index (χ3n) is 3.04. The Morgan fingerprint density at radius 1 is 1.18 bits per heavy atom. The Kier molecular flexibility index (Phi) is 5.16. The number of carboxylic acids is 1. The van der Waals surface area contributed by atoms with Crippen molar-refractivity contribution in [2.75, 3.05) is 13.7 Å². The molecule has 0 atom stereocenters. The predicted molar refractivity (Wildman–Crippen MR) is 86.6 cm³/mol. The molecule has 0 heterocycles. The Bertz CT molecular complexity index is 714. The van der Waals surface area contributed by atoms with Crippen LogP contribution in [0.1, 0.15) is 17.3 Å². The molecule has 22 heavy (non-hydrogen) atoms. The number of benzene rings is 2. The number of rotatable bonds is 5. The van der Waals surface area contributed by atoms with Crippen molar-refractivity contribution in [3.63, 3.8) is 0 Å². The van der Waals surface area contributed by atoms with Gasteiger partial charge in [0.1, 0.15) is 0 Å². The molecule has 2 aromatic carbocycles. The van der Waals surface area contributed by atoms with Crippen LogP contribution < -0.4 is 9.47 Å². The van der Waals surface area contributed by atoms with Crippen LogP contribution in [0.15, 0.2) is 30.3 Å². The Morgan fingerprint density at radius 2 is 1.91 bits per heavy atom. The molecule has 0 aliphatic rings. The number of carbonyl (C=O) groups is 1. The molecule has 0 saturated carbocycles. The van der Waals surface area contributed by atoms with Crippen molar-refractivity contribution < 1.29 is 19.4 Å². The van der Waals surface area contributed by atoms with E-state index in [1.54, 1.807) is 18.2 Å². The minimum absolute atomic E-state index is 0.102. The van der Waals surface area contributed by atoms with E-state index in [-0.39, 0.29) is 5.56 Å². The van der Waals surface area contributed by atoms with Crippen LogP contribution in [0.25, 0.3) is 11.1 Å². The second-order valence-electron chi connectivity index (χ2n) is 4.42. The van der Waals surface area contributed by atoms with Gasteiger partial charge in [0, 0.05) is 5.56 Å². The van der Waals surface area contributed by atoms with E-state index in [9.17, 15) is 9.90 Å². The van der Waals surface area contributed by atoms with Crippen molar-refractivity contribution in [2.45, 2.75) is 6.92 Å². The summed E-state index contributed by atoms with van der Waals surface area (Å²) in [4.78, 5) is 11.3. The van der Waals surface area contributed by atoms with E-state index in [1.807, 2.05) is 6.92 Å². The summed E-state index contributed by atoms with van der Waals surface area (Å²) in [7, 11) is 1.50. The largest absolute Gasteiger partial charge is 0.492 e. The second kappa shape index (κ2) is 6.90. The van der Waals surface area contributed by atoms with Crippen molar-refractivity contribution in [1.82, 2.24) is 0 Å². The molecule has 0 aromatic heterocycles. The van der Waals surface area contributed by atoms with E-state index in [0.717, 1.165) is 0 Å². The number of ether oxygens (including phenoxy) is 2. The Morgan fingerprint density at radius 3 is 2.45 bits per heavy atom. The van der Waals surface area contributed by atoms with Gasteiger partial charge in [0.2, 0.25) is 0 Å². The fraction of sp³-hybridized carbons (Fsp3) is 0.188. The summed E-state index contributed by atoms with van der Waals surface area (Å²) >= 11 is 12.0. The number of halogens is 2. The van der Waals surface area contributed by atoms with E-state index in [2.05, 4.69) is 0 Å². The lowest BCUT2D eigenvalue weighted by Gasteiger charge is -2.15. The number of carboxylic acid groups (broad SMARTS) is 1. The van der Waals surface area contributed by atoms with Crippen LogP contribution in [0.5, 0.6) is 11.5 Å². The van der Waals surface area contributed by atoms with Crippen molar-refractivity contribution in [1.29, 1.82) is 0 Å². The molecule has 0 spiro atoms. The van der Waals surface area contributed by atoms with Crippen LogP contribution in [-0.2, 0) is 0 Å². The average Bonchev–Trinajstić information content (AvgIpc) is 2.49. The summed E-state index contributed by atoms with van der Waals surface area (Å²) < 4.78 is 10.9. The molecule has 0 saturated heterocycles. The summed E-state index contributed by atoms with van der Waals surface area (Å²) in [6, 6.07) is 8.00. The van der Waals surface area contributed by atoms with Crippen LogP contribution in [0.4, 0.5) is 0 Å². The molecule has 6 heteroatoms. The van der Waals surface area contributed by atoms with Gasteiger partial charge in [0.15, 0.2) is 11.5 Å². The van der Waals surface area contributed by atoms with Crippen LogP contribution in [0.2, 0.25) is 10.0 Å². The fourth-order valence-electron chi connectivity index (χ4n) is 2.08. The van der Waals surface area contributed by atoms with Crippen LogP contribution in [0, 0.1) is 0 Å². The van der Waals surface area contributed by atoms with E-state index >= 15 is 0 Å². The van der Waals surface area contributed by atoms with Gasteiger partial charge in [0.25, 0.3) is 0 Å². The second-order valence-corrected chi connectivity index (χ2v) is 5.24. The molecular weight excluding hydrogens is 327 g/mol. The average molecular weight is 341 g/mol. The van der Waals surface area contributed by atoms with Gasteiger partial charge in [-0.15, -0.1) is 0 Å². The minimum Gasteiger partial charge on any atom is -0.492 e. The fourth-order valence-corrected chi connectivity index (χ4v) is 2.38. The Hall–Kier alpha value is -1.91. The van der Waals surface area contributed by atoms with Crippen molar-refractivity contribution in [3.8, 4) is 22.6 Å². The molecule has 0 aliphatic heterocycles. The quantitative estimate of drug-likeness (QED) is 0.851. The van der Waals surface area contributed by atoms with Gasteiger partial charge in [-0.1, -0.05) is 29.3 Å². The first-order valence-corrected chi connectivity index (χ1v) is 7.27. The van der Waals surface area contributed by atoms with Gasteiger partial charge in [-0.3, -0.25) is 0 Å². The maximum Gasteiger partial charge on any atom is 0.335 e. The highest BCUT2D eigenvalue weighted by atomic mass is 35.5. The van der Waals surface area contributed by atoms with Crippen LogP contribution in [0.3, 0.4) is 0 Å². The predicted octanol–water partition coefficient (Wildman–Crippen LogP) is 4.77. The first-order valence-electron chi connectivity index (χ1n) is 6.51. The maximum absolute atomic E-state index is 11.3. The lowest BCUT2D eigenvalue weighted by molar-refractivity contribution is 0.0696. The van der Waals surface area contributed by atoms with Gasteiger partial charge < -0.3 is 14.6 Å². The van der Waals surface area contributed by atoms with Crippen LogP contribution in [-0.4, -0.2) is 24.8 Å². The highest BCUT2D eigenvalue weighted by Crippen LogP contribution is 2.41. The SMILES string of the molecule is CCOc1cc(C(=O)O)cc(-c2ccc(Cl)c(Cl)c2)c1OC. The number of hydrogen-bond acceptors (Lipinski definition) is 3. The first-order chi connectivity index (χ1) is 10.5. The zero-order chi connectivity index (χ0) is 16.3. The van der Waals surface area contributed by atoms with Gasteiger partial charge in [-0.25, -0.2) is 4.79 Å². The summed E-state index contributed by atoms with van der Waals surface area (Å²) in [5.41, 5.74) is 1.37. The number of aromatic carboxylic acids is 1. The van der Waals surface area contributed by atoms with E-state index < -0.39 is 5.97 Å². The monoisotopic (exact) mass is 340 g/mol. The van der Waals surface area contributed by atoms with Gasteiger partial charge in [0.05, 0.1) is 29.3 Å². The lowest BCUT2D eigenvalue weighted by Crippen LogP contribution is -2.02. The van der Waals surface area contributed by atoms with E-state index in [0.29, 0.717) is 39.3 Å². The Balaban J connectivity index is 2.70. The third-order valence-corrected chi connectivity index (χ3v) is 3.78. The minimum atomic E-state index is -1.05. The lowest BCUT2D eigenvalue weighted by atomic mass is 10.0. The third kappa shape index (κ3) is 3.29. The summed E-state index contributed by atoms with van der Waals surface area (Å²) in [5, 5.41) is 10.1. The van der Waals surface area contributed by atoms with Gasteiger partial charge >= 0.3 is 5.97 Å². The molecule has 0 unspecified atom stereocenters. The van der Waals surface area contributed by atoms with Gasteiger partial charge in [-0.2, -0.15) is 0 Å². The summed E-state index contributed by atoms with van der Waals surface area (Å²) in [6.45, 7) is 2.20. The molecule has 2 aromatic rings. The zero-order valence-electron chi connectivity index (χ0n) is 12.0. The Labute approximate surface area is 138 Å². The molecule has 4 nitrogen and oxygen atoms in total. The molecule has 0 bridgehead atoms.